The Hall–Kier alpha value is -2.08. The minimum Gasteiger partial charge on any atom is -0.325 e. The van der Waals surface area contributed by atoms with Crippen LogP contribution in [0.4, 0.5) is 20.3 Å². The molecule has 136 valence electrons. The van der Waals surface area contributed by atoms with Gasteiger partial charge in [0.25, 0.3) is 0 Å². The van der Waals surface area contributed by atoms with Crippen molar-refractivity contribution in [2.24, 2.45) is 0 Å². The van der Waals surface area contributed by atoms with Crippen molar-refractivity contribution < 1.29 is 8.78 Å². The van der Waals surface area contributed by atoms with Crippen molar-refractivity contribution in [3.63, 3.8) is 0 Å². The predicted octanol–water partition coefficient (Wildman–Crippen LogP) is 3.58. The van der Waals surface area contributed by atoms with Gasteiger partial charge in [-0.1, -0.05) is 6.92 Å². The van der Waals surface area contributed by atoms with Crippen LogP contribution in [0.15, 0.2) is 18.5 Å². The fourth-order valence-corrected chi connectivity index (χ4v) is 5.08. The maximum absolute atomic E-state index is 14.9. The molecule has 1 aliphatic carbocycles. The van der Waals surface area contributed by atoms with Gasteiger partial charge < -0.3 is 10.2 Å². The van der Waals surface area contributed by atoms with Gasteiger partial charge in [0, 0.05) is 34.5 Å². The lowest BCUT2D eigenvalue weighted by atomic mass is 9.74. The standard InChI is InChI=1S/C20H22F2N4/c1-12-2-4-14-16(12)19(25-11-24-14)26-10-20(6-8-23-9-7-20)17-15(26)5-3-13(21)18(17)22/h3,5,11-12,23H,2,4,6-10H2,1H3/t12-/m1/s1. The molecule has 4 nitrogen and oxygen atoms in total. The van der Waals surface area contributed by atoms with Crippen LogP contribution in [0.25, 0.3) is 0 Å². The lowest BCUT2D eigenvalue weighted by molar-refractivity contribution is 0.316. The van der Waals surface area contributed by atoms with Gasteiger partial charge in [-0.3, -0.25) is 0 Å². The molecule has 0 unspecified atom stereocenters. The molecule has 5 rings (SSSR count). The smallest absolute Gasteiger partial charge is 0.164 e. The van der Waals surface area contributed by atoms with Crippen molar-refractivity contribution in [1.82, 2.24) is 15.3 Å². The van der Waals surface area contributed by atoms with Crippen molar-refractivity contribution in [1.29, 1.82) is 0 Å². The first-order valence-corrected chi connectivity index (χ1v) is 9.41. The van der Waals surface area contributed by atoms with E-state index in [0.29, 0.717) is 18.0 Å². The summed E-state index contributed by atoms with van der Waals surface area (Å²) in [6, 6.07) is 2.96. The zero-order valence-corrected chi connectivity index (χ0v) is 14.9. The van der Waals surface area contributed by atoms with Crippen LogP contribution in [0.3, 0.4) is 0 Å². The summed E-state index contributed by atoms with van der Waals surface area (Å²) in [6.45, 7) is 4.49. The number of nitrogens with one attached hydrogen (secondary N) is 1. The molecule has 1 atom stereocenters. The number of aryl methyl sites for hydroxylation is 1. The third kappa shape index (κ3) is 2.14. The van der Waals surface area contributed by atoms with Gasteiger partial charge in [0.15, 0.2) is 11.6 Å². The number of halogens is 2. The van der Waals surface area contributed by atoms with Crippen molar-refractivity contribution in [2.45, 2.75) is 43.9 Å². The van der Waals surface area contributed by atoms with E-state index in [1.54, 1.807) is 12.4 Å². The molecule has 1 aromatic carbocycles. The van der Waals surface area contributed by atoms with Crippen molar-refractivity contribution in [3.05, 3.63) is 46.9 Å². The maximum Gasteiger partial charge on any atom is 0.164 e. The van der Waals surface area contributed by atoms with Crippen LogP contribution in [0.1, 0.15) is 48.9 Å². The SMILES string of the molecule is C[C@@H]1CCc2ncnc(N3CC4(CCNCC4)c4c3ccc(F)c4F)c21. The highest BCUT2D eigenvalue weighted by atomic mass is 19.2. The quantitative estimate of drug-likeness (QED) is 0.848. The highest BCUT2D eigenvalue weighted by molar-refractivity contribution is 5.74. The van der Waals surface area contributed by atoms with Gasteiger partial charge in [-0.05, 0) is 56.8 Å². The molecule has 2 aliphatic heterocycles. The molecule has 0 radical (unpaired) electrons. The van der Waals surface area contributed by atoms with Gasteiger partial charge in [-0.15, -0.1) is 0 Å². The summed E-state index contributed by atoms with van der Waals surface area (Å²) in [5.41, 5.74) is 3.22. The number of anilines is 2. The molecule has 6 heteroatoms. The highest BCUT2D eigenvalue weighted by Crippen LogP contribution is 2.51. The summed E-state index contributed by atoms with van der Waals surface area (Å²) in [7, 11) is 0. The zero-order chi connectivity index (χ0) is 17.9. The molecule has 3 heterocycles. The monoisotopic (exact) mass is 356 g/mol. The number of nitrogens with zero attached hydrogens (tertiary/aromatic N) is 3. The second kappa shape index (κ2) is 5.71. The predicted molar refractivity (Wildman–Crippen MR) is 95.9 cm³/mol. The number of hydrogen-bond acceptors (Lipinski definition) is 4. The number of fused-ring (bicyclic) bond motifs is 3. The van der Waals surface area contributed by atoms with Crippen LogP contribution >= 0.6 is 0 Å². The molecular weight excluding hydrogens is 334 g/mol. The molecule has 1 saturated heterocycles. The molecule has 0 amide bonds. The molecular formula is C20H22F2N4. The summed E-state index contributed by atoms with van der Waals surface area (Å²) in [4.78, 5) is 11.2. The summed E-state index contributed by atoms with van der Waals surface area (Å²) < 4.78 is 29.0. The van der Waals surface area contributed by atoms with E-state index in [9.17, 15) is 8.78 Å². The topological polar surface area (TPSA) is 41.1 Å². The molecule has 1 fully saturated rings. The van der Waals surface area contributed by atoms with Crippen LogP contribution in [0.2, 0.25) is 0 Å². The Labute approximate surface area is 151 Å². The Bertz CT molecular complexity index is 876. The molecule has 1 spiro atoms. The van der Waals surface area contributed by atoms with Crippen molar-refractivity contribution in [2.75, 3.05) is 24.5 Å². The first kappa shape index (κ1) is 16.1. The Kier molecular flexibility index (Phi) is 3.54. The van der Waals surface area contributed by atoms with E-state index >= 15 is 0 Å². The van der Waals surface area contributed by atoms with E-state index in [1.165, 1.54) is 11.6 Å². The number of rotatable bonds is 1. The van der Waals surface area contributed by atoms with Gasteiger partial charge >= 0.3 is 0 Å². The average Bonchev–Trinajstić information content (AvgIpc) is 3.18. The zero-order valence-electron chi connectivity index (χ0n) is 14.9. The van der Waals surface area contributed by atoms with Gasteiger partial charge in [0.2, 0.25) is 0 Å². The van der Waals surface area contributed by atoms with Crippen LogP contribution in [-0.2, 0) is 11.8 Å². The van der Waals surface area contributed by atoms with Crippen LogP contribution in [-0.4, -0.2) is 29.6 Å². The lowest BCUT2D eigenvalue weighted by Crippen LogP contribution is -2.43. The summed E-state index contributed by atoms with van der Waals surface area (Å²) in [5.74, 6) is -0.183. The Morgan fingerprint density at radius 1 is 1.19 bits per heavy atom. The first-order valence-electron chi connectivity index (χ1n) is 9.41. The number of piperidine rings is 1. The number of hydrogen-bond donors (Lipinski definition) is 1. The van der Waals surface area contributed by atoms with Gasteiger partial charge in [-0.25, -0.2) is 18.7 Å². The fourth-order valence-electron chi connectivity index (χ4n) is 5.08. The average molecular weight is 356 g/mol. The van der Waals surface area contributed by atoms with E-state index in [1.807, 2.05) is 0 Å². The minimum atomic E-state index is -0.759. The van der Waals surface area contributed by atoms with Crippen LogP contribution in [0.5, 0.6) is 0 Å². The van der Waals surface area contributed by atoms with Crippen LogP contribution < -0.4 is 10.2 Å². The highest BCUT2D eigenvalue weighted by Gasteiger charge is 2.47. The summed E-state index contributed by atoms with van der Waals surface area (Å²) >= 11 is 0. The van der Waals surface area contributed by atoms with E-state index in [2.05, 4.69) is 27.1 Å². The third-order valence-corrected chi connectivity index (χ3v) is 6.42. The molecule has 0 bridgehead atoms. The summed E-state index contributed by atoms with van der Waals surface area (Å²) in [5, 5.41) is 3.34. The Morgan fingerprint density at radius 3 is 2.81 bits per heavy atom. The van der Waals surface area contributed by atoms with E-state index in [-0.39, 0.29) is 5.41 Å². The van der Waals surface area contributed by atoms with E-state index < -0.39 is 11.6 Å². The van der Waals surface area contributed by atoms with Gasteiger partial charge in [0.1, 0.15) is 12.1 Å². The molecule has 0 saturated carbocycles. The second-order valence-electron chi connectivity index (χ2n) is 7.87. The molecule has 1 N–H and O–H groups in total. The second-order valence-corrected chi connectivity index (χ2v) is 7.87. The third-order valence-electron chi connectivity index (χ3n) is 6.42. The molecule has 3 aliphatic rings. The molecule has 26 heavy (non-hydrogen) atoms. The lowest BCUT2D eigenvalue weighted by Gasteiger charge is -2.35. The van der Waals surface area contributed by atoms with Gasteiger partial charge in [0.05, 0.1) is 0 Å². The van der Waals surface area contributed by atoms with Crippen molar-refractivity contribution in [3.8, 4) is 0 Å². The minimum absolute atomic E-state index is 0.355. The number of aromatic nitrogens is 2. The normalized spacial score (nSPS) is 23.3. The largest absolute Gasteiger partial charge is 0.325 e. The van der Waals surface area contributed by atoms with Crippen LogP contribution in [0, 0.1) is 11.6 Å². The Balaban J connectivity index is 1.70. The Morgan fingerprint density at radius 2 is 2.00 bits per heavy atom. The first-order chi connectivity index (χ1) is 12.6. The van der Waals surface area contributed by atoms with E-state index in [4.69, 9.17) is 0 Å². The maximum atomic E-state index is 14.9. The molecule has 1 aromatic heterocycles. The number of benzene rings is 1. The van der Waals surface area contributed by atoms with E-state index in [0.717, 1.165) is 56.0 Å². The summed E-state index contributed by atoms with van der Waals surface area (Å²) in [6.07, 6.45) is 5.24. The van der Waals surface area contributed by atoms with Gasteiger partial charge in [-0.2, -0.15) is 0 Å². The fraction of sp³-hybridized carbons (Fsp3) is 0.500. The molecule has 2 aromatic rings. The van der Waals surface area contributed by atoms with Crippen molar-refractivity contribution >= 4 is 11.5 Å².